The largest absolute Gasteiger partial charge is 0.491 e. The standard InChI is InChI=1S/C23H21FN2O3/c24-18-7-3-15(4-8-18)11-13-29-21-10-9-19(26-22(21)23(27)28)17-6-5-16-2-1-12-25-20(16)14-17/h3-10,14,25H,1-2,11-13H2,(H,27,28). The van der Waals surface area contributed by atoms with E-state index in [1.54, 1.807) is 24.3 Å². The van der Waals surface area contributed by atoms with Gasteiger partial charge in [0.05, 0.1) is 12.3 Å². The molecular weight excluding hydrogens is 371 g/mol. The Balaban J connectivity index is 1.52. The highest BCUT2D eigenvalue weighted by molar-refractivity contribution is 5.89. The average molecular weight is 392 g/mol. The van der Waals surface area contributed by atoms with E-state index >= 15 is 0 Å². The molecule has 1 aliphatic heterocycles. The number of halogens is 1. The smallest absolute Gasteiger partial charge is 0.358 e. The van der Waals surface area contributed by atoms with E-state index in [1.807, 2.05) is 12.1 Å². The van der Waals surface area contributed by atoms with Gasteiger partial charge in [-0.3, -0.25) is 0 Å². The molecule has 0 amide bonds. The third-order valence-corrected chi connectivity index (χ3v) is 4.97. The molecule has 148 valence electrons. The summed E-state index contributed by atoms with van der Waals surface area (Å²) in [5, 5.41) is 13.0. The fraction of sp³-hybridized carbons (Fsp3) is 0.217. The average Bonchev–Trinajstić information content (AvgIpc) is 2.75. The number of carboxylic acid groups (broad SMARTS) is 1. The van der Waals surface area contributed by atoms with Gasteiger partial charge >= 0.3 is 5.97 Å². The second-order valence-corrected chi connectivity index (χ2v) is 6.98. The van der Waals surface area contributed by atoms with Crippen LogP contribution in [0.3, 0.4) is 0 Å². The van der Waals surface area contributed by atoms with Crippen molar-refractivity contribution in [2.45, 2.75) is 19.3 Å². The first-order valence-corrected chi connectivity index (χ1v) is 9.59. The van der Waals surface area contributed by atoms with Crippen LogP contribution in [-0.4, -0.2) is 29.2 Å². The molecular formula is C23H21FN2O3. The van der Waals surface area contributed by atoms with Crippen LogP contribution in [0.15, 0.2) is 54.6 Å². The molecule has 29 heavy (non-hydrogen) atoms. The number of carbonyl (C=O) groups is 1. The fourth-order valence-electron chi connectivity index (χ4n) is 3.43. The monoisotopic (exact) mass is 392 g/mol. The summed E-state index contributed by atoms with van der Waals surface area (Å²) in [4.78, 5) is 16.0. The summed E-state index contributed by atoms with van der Waals surface area (Å²) in [6.45, 7) is 1.21. The Hall–Kier alpha value is -3.41. The van der Waals surface area contributed by atoms with Crippen LogP contribution >= 0.6 is 0 Å². The van der Waals surface area contributed by atoms with E-state index in [-0.39, 0.29) is 23.9 Å². The Morgan fingerprint density at radius 1 is 1.14 bits per heavy atom. The first-order chi connectivity index (χ1) is 14.1. The minimum absolute atomic E-state index is 0.118. The van der Waals surface area contributed by atoms with Crippen molar-refractivity contribution in [1.29, 1.82) is 0 Å². The third kappa shape index (κ3) is 4.37. The Morgan fingerprint density at radius 2 is 1.97 bits per heavy atom. The lowest BCUT2D eigenvalue weighted by atomic mass is 10.00. The van der Waals surface area contributed by atoms with Crippen molar-refractivity contribution in [1.82, 2.24) is 4.98 Å². The molecule has 0 spiro atoms. The minimum Gasteiger partial charge on any atom is -0.491 e. The number of nitrogens with zero attached hydrogens (tertiary/aromatic N) is 1. The highest BCUT2D eigenvalue weighted by Gasteiger charge is 2.16. The number of anilines is 1. The molecule has 3 aromatic rings. The van der Waals surface area contributed by atoms with Crippen LogP contribution in [0.1, 0.15) is 28.0 Å². The molecule has 0 fully saturated rings. The van der Waals surface area contributed by atoms with Crippen molar-refractivity contribution >= 4 is 11.7 Å². The molecule has 0 saturated carbocycles. The van der Waals surface area contributed by atoms with Gasteiger partial charge in [0, 0.05) is 24.2 Å². The van der Waals surface area contributed by atoms with E-state index in [0.717, 1.165) is 36.2 Å². The number of aryl methyl sites for hydroxylation is 1. The first kappa shape index (κ1) is 18.9. The second-order valence-electron chi connectivity index (χ2n) is 6.98. The Labute approximate surface area is 168 Å². The van der Waals surface area contributed by atoms with Gasteiger partial charge in [-0.25, -0.2) is 14.2 Å². The van der Waals surface area contributed by atoms with Crippen molar-refractivity contribution in [3.63, 3.8) is 0 Å². The van der Waals surface area contributed by atoms with E-state index in [0.29, 0.717) is 12.1 Å². The molecule has 2 N–H and O–H groups in total. The number of fused-ring (bicyclic) bond motifs is 1. The van der Waals surface area contributed by atoms with Crippen molar-refractivity contribution < 1.29 is 19.0 Å². The van der Waals surface area contributed by atoms with Gasteiger partial charge in [-0.05, 0) is 54.3 Å². The number of aromatic carboxylic acids is 1. The van der Waals surface area contributed by atoms with Crippen LogP contribution < -0.4 is 10.1 Å². The highest BCUT2D eigenvalue weighted by atomic mass is 19.1. The molecule has 0 aliphatic carbocycles. The van der Waals surface area contributed by atoms with E-state index in [4.69, 9.17) is 4.74 Å². The molecule has 1 aliphatic rings. The summed E-state index contributed by atoms with van der Waals surface area (Å²) in [5.74, 6) is -1.21. The zero-order chi connectivity index (χ0) is 20.2. The number of ether oxygens (including phenoxy) is 1. The van der Waals surface area contributed by atoms with Crippen molar-refractivity contribution in [3.8, 4) is 17.0 Å². The predicted molar refractivity (Wildman–Crippen MR) is 109 cm³/mol. The van der Waals surface area contributed by atoms with E-state index < -0.39 is 5.97 Å². The van der Waals surface area contributed by atoms with E-state index in [2.05, 4.69) is 16.4 Å². The minimum atomic E-state index is -1.14. The summed E-state index contributed by atoms with van der Waals surface area (Å²) >= 11 is 0. The number of benzene rings is 2. The first-order valence-electron chi connectivity index (χ1n) is 9.59. The number of hydrogen-bond donors (Lipinski definition) is 2. The molecule has 4 rings (SSSR count). The molecule has 6 heteroatoms. The normalized spacial score (nSPS) is 12.7. The topological polar surface area (TPSA) is 71.5 Å². The van der Waals surface area contributed by atoms with Crippen molar-refractivity contribution in [3.05, 3.63) is 77.2 Å². The lowest BCUT2D eigenvalue weighted by Crippen LogP contribution is -2.11. The predicted octanol–water partition coefficient (Wildman–Crippen LogP) is 4.57. The van der Waals surface area contributed by atoms with Crippen molar-refractivity contribution in [2.75, 3.05) is 18.5 Å². The quantitative estimate of drug-likeness (QED) is 0.643. The lowest BCUT2D eigenvalue weighted by Gasteiger charge is -2.18. The van der Waals surface area contributed by atoms with E-state index in [1.165, 1.54) is 17.7 Å². The molecule has 0 saturated heterocycles. The van der Waals surface area contributed by atoms with Gasteiger partial charge < -0.3 is 15.2 Å². The zero-order valence-electron chi connectivity index (χ0n) is 15.8. The Bertz CT molecular complexity index is 1030. The number of aromatic nitrogens is 1. The Morgan fingerprint density at radius 3 is 2.76 bits per heavy atom. The third-order valence-electron chi connectivity index (χ3n) is 4.97. The maximum atomic E-state index is 13.0. The van der Waals surface area contributed by atoms with Crippen LogP contribution in [0.2, 0.25) is 0 Å². The van der Waals surface area contributed by atoms with Gasteiger partial charge in [0.1, 0.15) is 5.82 Å². The summed E-state index contributed by atoms with van der Waals surface area (Å²) < 4.78 is 18.6. The molecule has 0 unspecified atom stereocenters. The molecule has 2 aromatic carbocycles. The summed E-state index contributed by atoms with van der Waals surface area (Å²) in [6.07, 6.45) is 2.69. The van der Waals surface area contributed by atoms with Gasteiger partial charge in [-0.1, -0.05) is 24.3 Å². The molecule has 0 radical (unpaired) electrons. The SMILES string of the molecule is O=C(O)c1nc(-c2ccc3c(c2)NCCC3)ccc1OCCc1ccc(F)cc1. The number of hydrogen-bond acceptors (Lipinski definition) is 4. The van der Waals surface area contributed by atoms with Crippen LogP contribution in [0.25, 0.3) is 11.3 Å². The number of nitrogens with one attached hydrogen (secondary N) is 1. The van der Waals surface area contributed by atoms with Crippen LogP contribution in [-0.2, 0) is 12.8 Å². The van der Waals surface area contributed by atoms with Crippen LogP contribution in [0.4, 0.5) is 10.1 Å². The molecule has 0 atom stereocenters. The maximum Gasteiger partial charge on any atom is 0.358 e. The molecule has 1 aromatic heterocycles. The summed E-state index contributed by atoms with van der Waals surface area (Å²) in [5.41, 5.74) is 4.58. The lowest BCUT2D eigenvalue weighted by molar-refractivity contribution is 0.0685. The Kier molecular flexibility index (Phi) is 5.42. The van der Waals surface area contributed by atoms with Gasteiger partial charge in [0.25, 0.3) is 0 Å². The summed E-state index contributed by atoms with van der Waals surface area (Å²) in [7, 11) is 0. The second kappa shape index (κ2) is 8.31. The van der Waals surface area contributed by atoms with Crippen LogP contribution in [0.5, 0.6) is 5.75 Å². The number of pyridine rings is 1. The van der Waals surface area contributed by atoms with Gasteiger partial charge in [-0.2, -0.15) is 0 Å². The highest BCUT2D eigenvalue weighted by Crippen LogP contribution is 2.29. The number of carboxylic acids is 1. The zero-order valence-corrected chi connectivity index (χ0v) is 15.8. The van der Waals surface area contributed by atoms with Gasteiger partial charge in [0.2, 0.25) is 0 Å². The van der Waals surface area contributed by atoms with Crippen LogP contribution in [0, 0.1) is 5.82 Å². The van der Waals surface area contributed by atoms with Gasteiger partial charge in [-0.15, -0.1) is 0 Å². The molecule has 0 bridgehead atoms. The molecule has 2 heterocycles. The summed E-state index contributed by atoms with van der Waals surface area (Å²) in [6, 6.07) is 15.6. The number of rotatable bonds is 6. The van der Waals surface area contributed by atoms with E-state index in [9.17, 15) is 14.3 Å². The molecule has 5 nitrogen and oxygen atoms in total. The fourth-order valence-corrected chi connectivity index (χ4v) is 3.43. The van der Waals surface area contributed by atoms with Gasteiger partial charge in [0.15, 0.2) is 11.4 Å². The van der Waals surface area contributed by atoms with Crippen molar-refractivity contribution in [2.24, 2.45) is 0 Å². The maximum absolute atomic E-state index is 13.0.